The second-order valence-corrected chi connectivity index (χ2v) is 10.0. The first kappa shape index (κ1) is 24.0. The second-order valence-electron chi connectivity index (χ2n) is 9.22. The summed E-state index contributed by atoms with van der Waals surface area (Å²) in [5.41, 5.74) is 2.57. The normalized spacial score (nSPS) is 20.2. The summed E-state index contributed by atoms with van der Waals surface area (Å²) in [5, 5.41) is 6.49. The van der Waals surface area contributed by atoms with Crippen LogP contribution in [0.15, 0.2) is 12.1 Å². The van der Waals surface area contributed by atoms with Crippen molar-refractivity contribution in [1.29, 1.82) is 0 Å². The quantitative estimate of drug-likeness (QED) is 0.536. The Morgan fingerprint density at radius 2 is 1.82 bits per heavy atom. The van der Waals surface area contributed by atoms with E-state index in [0.29, 0.717) is 18.5 Å². The molecular formula is C24H30Cl2FN5O. The van der Waals surface area contributed by atoms with Crippen LogP contribution in [0.5, 0.6) is 0 Å². The van der Waals surface area contributed by atoms with Gasteiger partial charge in [-0.1, -0.05) is 23.2 Å². The van der Waals surface area contributed by atoms with Crippen LogP contribution in [0.1, 0.15) is 60.1 Å². The van der Waals surface area contributed by atoms with Gasteiger partial charge in [0.2, 0.25) is 5.95 Å². The van der Waals surface area contributed by atoms with Gasteiger partial charge in [-0.05, 0) is 69.4 Å². The van der Waals surface area contributed by atoms with E-state index in [4.69, 9.17) is 33.2 Å². The highest BCUT2D eigenvalue weighted by atomic mass is 35.5. The highest BCUT2D eigenvalue weighted by molar-refractivity contribution is 6.36. The van der Waals surface area contributed by atoms with E-state index in [1.807, 2.05) is 14.1 Å². The van der Waals surface area contributed by atoms with Crippen LogP contribution in [0.3, 0.4) is 0 Å². The van der Waals surface area contributed by atoms with Gasteiger partial charge in [0, 0.05) is 32.2 Å². The van der Waals surface area contributed by atoms with Crippen LogP contribution in [0, 0.1) is 11.7 Å². The molecule has 2 aliphatic carbocycles. The molecule has 178 valence electrons. The number of nitrogens with zero attached hydrogens (tertiary/aromatic N) is 3. The first-order chi connectivity index (χ1) is 15.8. The number of aromatic nitrogens is 2. The molecule has 0 aliphatic heterocycles. The van der Waals surface area contributed by atoms with Crippen molar-refractivity contribution in [3.63, 3.8) is 0 Å². The third-order valence-electron chi connectivity index (χ3n) is 6.57. The van der Waals surface area contributed by atoms with Crippen LogP contribution in [-0.2, 0) is 12.8 Å². The van der Waals surface area contributed by atoms with Crippen molar-refractivity contribution in [3.05, 3.63) is 44.8 Å². The number of benzene rings is 1. The number of anilines is 2. The summed E-state index contributed by atoms with van der Waals surface area (Å²) in [6.07, 6.45) is 8.36. The van der Waals surface area contributed by atoms with Crippen LogP contribution in [0.4, 0.5) is 16.2 Å². The van der Waals surface area contributed by atoms with Crippen molar-refractivity contribution in [2.24, 2.45) is 5.92 Å². The number of carbonyl (C=O) groups is 1. The Bertz CT molecular complexity index is 1020. The molecule has 0 atom stereocenters. The highest BCUT2D eigenvalue weighted by Gasteiger charge is 2.25. The van der Waals surface area contributed by atoms with Gasteiger partial charge >= 0.3 is 0 Å². The minimum absolute atomic E-state index is 0.0945. The predicted molar refractivity (Wildman–Crippen MR) is 131 cm³/mol. The summed E-state index contributed by atoms with van der Waals surface area (Å²) in [6, 6.07) is 2.66. The maximum absolute atomic E-state index is 13.7. The Hall–Kier alpha value is -2.12. The average Bonchev–Trinajstić information content (AvgIpc) is 2.80. The lowest BCUT2D eigenvalue weighted by Crippen LogP contribution is -2.34. The van der Waals surface area contributed by atoms with E-state index in [1.165, 1.54) is 30.2 Å². The first-order valence-electron chi connectivity index (χ1n) is 11.6. The van der Waals surface area contributed by atoms with Crippen LogP contribution in [0.2, 0.25) is 10.0 Å². The summed E-state index contributed by atoms with van der Waals surface area (Å²) >= 11 is 11.8. The van der Waals surface area contributed by atoms with Gasteiger partial charge in [-0.25, -0.2) is 9.37 Å². The number of fused-ring (bicyclic) bond motifs is 1. The number of amides is 1. The number of aryl methyl sites for hydroxylation is 1. The molecule has 33 heavy (non-hydrogen) atoms. The zero-order valence-electron chi connectivity index (χ0n) is 19.1. The summed E-state index contributed by atoms with van der Waals surface area (Å²) in [5.74, 6) is 1.07. The average molecular weight is 494 g/mol. The van der Waals surface area contributed by atoms with E-state index in [-0.39, 0.29) is 21.5 Å². The third kappa shape index (κ3) is 5.69. The van der Waals surface area contributed by atoms with Crippen molar-refractivity contribution in [2.75, 3.05) is 30.9 Å². The third-order valence-corrected chi connectivity index (χ3v) is 7.17. The summed E-state index contributed by atoms with van der Waals surface area (Å²) in [6.45, 7) is 0.534. The Balaban J connectivity index is 1.30. The van der Waals surface area contributed by atoms with E-state index < -0.39 is 5.82 Å². The maximum atomic E-state index is 13.7. The van der Waals surface area contributed by atoms with Gasteiger partial charge in [0.15, 0.2) is 0 Å². The molecule has 4 rings (SSSR count). The Morgan fingerprint density at radius 1 is 1.09 bits per heavy atom. The molecule has 1 aromatic carbocycles. The predicted octanol–water partition coefficient (Wildman–Crippen LogP) is 5.27. The van der Waals surface area contributed by atoms with Crippen LogP contribution < -0.4 is 15.5 Å². The van der Waals surface area contributed by atoms with Gasteiger partial charge in [0.1, 0.15) is 11.6 Å². The van der Waals surface area contributed by atoms with Crippen molar-refractivity contribution in [3.8, 4) is 0 Å². The molecule has 1 saturated carbocycles. The monoisotopic (exact) mass is 493 g/mol. The van der Waals surface area contributed by atoms with Crippen LogP contribution >= 0.6 is 23.2 Å². The van der Waals surface area contributed by atoms with Gasteiger partial charge in [-0.3, -0.25) is 4.79 Å². The van der Waals surface area contributed by atoms with Crippen LogP contribution in [0.25, 0.3) is 0 Å². The molecule has 0 spiro atoms. The van der Waals surface area contributed by atoms with Gasteiger partial charge in [0.25, 0.3) is 5.91 Å². The second kappa shape index (κ2) is 10.4. The van der Waals surface area contributed by atoms with Crippen molar-refractivity contribution in [2.45, 2.75) is 57.4 Å². The Morgan fingerprint density at radius 3 is 2.55 bits per heavy atom. The zero-order valence-corrected chi connectivity index (χ0v) is 20.6. The first-order valence-corrected chi connectivity index (χ1v) is 12.3. The largest absolute Gasteiger partial charge is 0.362 e. The maximum Gasteiger partial charge on any atom is 0.252 e. The number of carbonyl (C=O) groups excluding carboxylic acids is 1. The van der Waals surface area contributed by atoms with Crippen molar-refractivity contribution >= 4 is 40.9 Å². The van der Waals surface area contributed by atoms with E-state index in [1.54, 1.807) is 0 Å². The lowest BCUT2D eigenvalue weighted by molar-refractivity contribution is 0.0943. The molecule has 9 heteroatoms. The molecule has 1 heterocycles. The van der Waals surface area contributed by atoms with Gasteiger partial charge in [-0.2, -0.15) is 4.98 Å². The lowest BCUT2D eigenvalue weighted by Gasteiger charge is -2.30. The molecular weight excluding hydrogens is 464 g/mol. The van der Waals surface area contributed by atoms with Crippen molar-refractivity contribution in [1.82, 2.24) is 15.3 Å². The summed E-state index contributed by atoms with van der Waals surface area (Å²) < 4.78 is 13.7. The minimum Gasteiger partial charge on any atom is -0.362 e. The van der Waals surface area contributed by atoms with E-state index >= 15 is 0 Å². The summed E-state index contributed by atoms with van der Waals surface area (Å²) in [4.78, 5) is 24.2. The van der Waals surface area contributed by atoms with Gasteiger partial charge in [-0.15, -0.1) is 0 Å². The van der Waals surface area contributed by atoms with E-state index in [9.17, 15) is 9.18 Å². The molecule has 0 saturated heterocycles. The fourth-order valence-electron chi connectivity index (χ4n) is 4.73. The fraction of sp³-hybridized carbons (Fsp3) is 0.542. The molecule has 2 aliphatic rings. The number of nitrogens with one attached hydrogen (secondary N) is 2. The molecule has 1 aromatic heterocycles. The van der Waals surface area contributed by atoms with Gasteiger partial charge < -0.3 is 15.5 Å². The van der Waals surface area contributed by atoms with Crippen molar-refractivity contribution < 1.29 is 9.18 Å². The van der Waals surface area contributed by atoms with Gasteiger partial charge in [0.05, 0.1) is 21.3 Å². The van der Waals surface area contributed by atoms with E-state index in [2.05, 4.69) is 15.5 Å². The molecule has 1 amide bonds. The molecule has 2 N–H and O–H groups in total. The molecule has 6 nitrogen and oxygen atoms in total. The zero-order chi connectivity index (χ0) is 23.5. The van der Waals surface area contributed by atoms with E-state index in [0.717, 1.165) is 56.4 Å². The smallest absolute Gasteiger partial charge is 0.252 e. The molecule has 1 fully saturated rings. The molecule has 0 unspecified atom stereocenters. The lowest BCUT2D eigenvalue weighted by atomic mass is 9.86. The Labute approximate surface area is 204 Å². The Kier molecular flexibility index (Phi) is 7.59. The number of hydrogen-bond donors (Lipinski definition) is 2. The standard InChI is InChI=1S/C24H30Cl2FN5O/c1-32(2)22-16-5-3-4-6-21(16)30-24(31-22)29-15-9-7-14(8-10-15)13-28-23(33)17-11-20(27)19(26)12-18(17)25/h11-12,14-15H,3-10,13H2,1-2H3,(H,28,33)(H,29,30,31)/t14-,15+. The fourth-order valence-corrected chi connectivity index (χ4v) is 5.20. The molecule has 0 bridgehead atoms. The molecule has 2 aromatic rings. The number of rotatable bonds is 6. The SMILES string of the molecule is CN(C)c1nc(N[C@H]2CC[C@@H](CNC(=O)c3cc(F)c(Cl)cc3Cl)CC2)nc2c1CCCC2. The number of halogens is 3. The highest BCUT2D eigenvalue weighted by Crippen LogP contribution is 2.30. The van der Waals surface area contributed by atoms with Crippen LogP contribution in [-0.4, -0.2) is 42.6 Å². The minimum atomic E-state index is -0.653. The number of hydrogen-bond acceptors (Lipinski definition) is 5. The topological polar surface area (TPSA) is 70.2 Å². The molecule has 0 radical (unpaired) electrons. The summed E-state index contributed by atoms with van der Waals surface area (Å²) in [7, 11) is 4.07.